The minimum Gasteiger partial charge on any atom is -0.409 e. The fourth-order valence-corrected chi connectivity index (χ4v) is 3.75. The molecule has 0 spiro atoms. The lowest BCUT2D eigenvalue weighted by Crippen LogP contribution is -2.39. The fourth-order valence-electron chi connectivity index (χ4n) is 1.81. The van der Waals surface area contributed by atoms with Crippen molar-refractivity contribution < 1.29 is 22.7 Å². The van der Waals surface area contributed by atoms with Crippen LogP contribution in [0.5, 0.6) is 5.75 Å². The summed E-state index contributed by atoms with van der Waals surface area (Å²) in [6.45, 7) is 2.14. The molecule has 1 unspecified atom stereocenters. The first-order valence-electron chi connectivity index (χ1n) is 6.99. The number of carbonyl (C=O) groups excluding carboxylic acids is 2. The van der Waals surface area contributed by atoms with Crippen LogP contribution in [0.4, 0.5) is 4.79 Å². The van der Waals surface area contributed by atoms with E-state index in [1.54, 1.807) is 19.1 Å². The molecule has 0 fully saturated rings. The van der Waals surface area contributed by atoms with Crippen LogP contribution in [0.2, 0.25) is 0 Å². The summed E-state index contributed by atoms with van der Waals surface area (Å²) in [6.07, 6.45) is 1.77. The van der Waals surface area contributed by atoms with Crippen molar-refractivity contribution >= 4 is 33.6 Å². The largest absolute Gasteiger partial charge is 0.412 e. The van der Waals surface area contributed by atoms with Gasteiger partial charge in [0.1, 0.15) is 9.99 Å². The second-order valence-corrected chi connectivity index (χ2v) is 8.18. The van der Waals surface area contributed by atoms with Gasteiger partial charge in [-0.1, -0.05) is 23.9 Å². The molecule has 10 heteroatoms. The summed E-state index contributed by atoms with van der Waals surface area (Å²) in [5, 5.41) is 7.86. The SMILES string of the molecule is CCNC(=O)Oc1ccccc1C(=O)NC1NC=C(S(C)(=O)=O)S1. The summed E-state index contributed by atoms with van der Waals surface area (Å²) >= 11 is 0.978. The lowest BCUT2D eigenvalue weighted by molar-refractivity contribution is 0.0945. The molecule has 0 saturated carbocycles. The van der Waals surface area contributed by atoms with Crippen molar-refractivity contribution in [2.24, 2.45) is 0 Å². The predicted molar refractivity (Wildman–Crippen MR) is 91.1 cm³/mol. The monoisotopic (exact) mass is 371 g/mol. The average molecular weight is 371 g/mol. The minimum absolute atomic E-state index is 0.111. The smallest absolute Gasteiger partial charge is 0.409 e. The maximum Gasteiger partial charge on any atom is 0.412 e. The third-order valence-corrected chi connectivity index (χ3v) is 5.76. The number of hydrogen-bond acceptors (Lipinski definition) is 7. The zero-order valence-corrected chi connectivity index (χ0v) is 14.7. The molecule has 1 aliphatic heterocycles. The zero-order valence-electron chi connectivity index (χ0n) is 13.0. The molecule has 130 valence electrons. The number of carbonyl (C=O) groups is 2. The Balaban J connectivity index is 2.05. The average Bonchev–Trinajstić information content (AvgIpc) is 2.96. The van der Waals surface area contributed by atoms with Gasteiger partial charge in [-0.3, -0.25) is 4.79 Å². The molecule has 2 rings (SSSR count). The van der Waals surface area contributed by atoms with Gasteiger partial charge in [0.25, 0.3) is 5.91 Å². The maximum absolute atomic E-state index is 12.4. The van der Waals surface area contributed by atoms with Gasteiger partial charge in [0.15, 0.2) is 15.3 Å². The quantitative estimate of drug-likeness (QED) is 0.707. The van der Waals surface area contributed by atoms with Crippen LogP contribution in [-0.2, 0) is 9.84 Å². The second-order valence-electron chi connectivity index (χ2n) is 4.79. The van der Waals surface area contributed by atoms with Gasteiger partial charge in [-0.15, -0.1) is 0 Å². The van der Waals surface area contributed by atoms with Gasteiger partial charge < -0.3 is 20.7 Å². The number of ether oxygens (including phenoxy) is 1. The lowest BCUT2D eigenvalue weighted by atomic mass is 10.2. The van der Waals surface area contributed by atoms with Gasteiger partial charge in [0.05, 0.1) is 5.56 Å². The third kappa shape index (κ3) is 4.65. The molecule has 0 saturated heterocycles. The Morgan fingerprint density at radius 1 is 1.33 bits per heavy atom. The summed E-state index contributed by atoms with van der Waals surface area (Å²) in [7, 11) is -3.33. The van der Waals surface area contributed by atoms with Crippen molar-refractivity contribution in [3.63, 3.8) is 0 Å². The van der Waals surface area contributed by atoms with E-state index in [1.807, 2.05) is 0 Å². The van der Waals surface area contributed by atoms with Crippen LogP contribution < -0.4 is 20.7 Å². The highest BCUT2D eigenvalue weighted by Crippen LogP contribution is 2.28. The van der Waals surface area contributed by atoms with E-state index >= 15 is 0 Å². The van der Waals surface area contributed by atoms with Crippen LogP contribution in [0.25, 0.3) is 0 Å². The van der Waals surface area contributed by atoms with Crippen molar-refractivity contribution in [3.05, 3.63) is 40.3 Å². The van der Waals surface area contributed by atoms with E-state index in [0.29, 0.717) is 6.54 Å². The standard InChI is InChI=1S/C14H17N3O5S2/c1-3-15-14(19)22-10-7-5-4-6-9(10)12(18)17-13-16-8-11(23-13)24(2,20)21/h4-8,13,16H,3H2,1-2H3,(H,15,19)(H,17,18). The number of benzene rings is 1. The highest BCUT2D eigenvalue weighted by Gasteiger charge is 2.26. The molecule has 0 radical (unpaired) electrons. The Morgan fingerprint density at radius 2 is 2.04 bits per heavy atom. The summed E-state index contributed by atoms with van der Waals surface area (Å²) in [5.74, 6) is -0.386. The number of rotatable bonds is 5. The zero-order chi connectivity index (χ0) is 17.7. The molecular weight excluding hydrogens is 354 g/mol. The molecule has 0 aromatic heterocycles. The summed E-state index contributed by atoms with van der Waals surface area (Å²) in [5.41, 5.74) is -0.460. The van der Waals surface area contributed by atoms with Crippen molar-refractivity contribution in [3.8, 4) is 5.75 Å². The van der Waals surface area contributed by atoms with Crippen LogP contribution in [0.15, 0.2) is 34.7 Å². The summed E-state index contributed by atoms with van der Waals surface area (Å²) in [6, 6.07) is 6.28. The van der Waals surface area contributed by atoms with E-state index in [-0.39, 0.29) is 15.6 Å². The van der Waals surface area contributed by atoms with Crippen molar-refractivity contribution in [1.29, 1.82) is 0 Å². The van der Waals surface area contributed by atoms with E-state index in [2.05, 4.69) is 16.0 Å². The van der Waals surface area contributed by atoms with Gasteiger partial charge in [0.2, 0.25) is 0 Å². The van der Waals surface area contributed by atoms with Crippen LogP contribution in [0.1, 0.15) is 17.3 Å². The van der Waals surface area contributed by atoms with E-state index < -0.39 is 27.3 Å². The molecule has 1 atom stereocenters. The Bertz CT molecular complexity index is 776. The number of para-hydroxylation sites is 1. The van der Waals surface area contributed by atoms with Crippen LogP contribution >= 0.6 is 11.8 Å². The Morgan fingerprint density at radius 3 is 2.67 bits per heavy atom. The Hall–Kier alpha value is -2.20. The van der Waals surface area contributed by atoms with E-state index in [1.165, 1.54) is 18.3 Å². The molecule has 1 aromatic rings. The number of nitrogens with one attached hydrogen (secondary N) is 3. The lowest BCUT2D eigenvalue weighted by Gasteiger charge is -2.15. The predicted octanol–water partition coefficient (Wildman–Crippen LogP) is 0.988. The van der Waals surface area contributed by atoms with Crippen LogP contribution in [0, 0.1) is 0 Å². The molecule has 1 heterocycles. The number of hydrogen-bond donors (Lipinski definition) is 3. The summed E-state index contributed by atoms with van der Waals surface area (Å²) < 4.78 is 28.2. The first-order chi connectivity index (χ1) is 11.3. The molecule has 24 heavy (non-hydrogen) atoms. The first-order valence-corrected chi connectivity index (χ1v) is 9.77. The number of sulfone groups is 1. The molecule has 0 bridgehead atoms. The highest BCUT2D eigenvalue weighted by atomic mass is 32.3. The van der Waals surface area contributed by atoms with Gasteiger partial charge in [-0.25, -0.2) is 13.2 Å². The number of amides is 2. The molecule has 8 nitrogen and oxygen atoms in total. The third-order valence-electron chi connectivity index (χ3n) is 2.87. The van der Waals surface area contributed by atoms with Crippen molar-refractivity contribution in [2.75, 3.05) is 12.8 Å². The van der Waals surface area contributed by atoms with Gasteiger partial charge in [0, 0.05) is 19.0 Å². The van der Waals surface area contributed by atoms with Crippen molar-refractivity contribution in [2.45, 2.75) is 12.4 Å². The topological polar surface area (TPSA) is 114 Å². The van der Waals surface area contributed by atoms with E-state index in [4.69, 9.17) is 4.74 Å². The molecule has 2 amide bonds. The molecule has 1 aliphatic rings. The van der Waals surface area contributed by atoms with Gasteiger partial charge in [-0.2, -0.15) is 0 Å². The molecule has 0 aliphatic carbocycles. The fraction of sp³-hybridized carbons (Fsp3) is 0.286. The Kier molecular flexibility index (Phi) is 5.73. The summed E-state index contributed by atoms with van der Waals surface area (Å²) in [4.78, 5) is 23.9. The molecular formula is C14H17N3O5S2. The molecule has 3 N–H and O–H groups in total. The van der Waals surface area contributed by atoms with E-state index in [0.717, 1.165) is 18.0 Å². The van der Waals surface area contributed by atoms with Crippen molar-refractivity contribution in [1.82, 2.24) is 16.0 Å². The minimum atomic E-state index is -3.33. The maximum atomic E-state index is 12.4. The van der Waals surface area contributed by atoms with Crippen LogP contribution in [-0.4, -0.2) is 38.7 Å². The van der Waals surface area contributed by atoms with E-state index in [9.17, 15) is 18.0 Å². The highest BCUT2D eigenvalue weighted by molar-refractivity contribution is 8.18. The van der Waals surface area contributed by atoms with Crippen LogP contribution in [0.3, 0.4) is 0 Å². The molecule has 1 aromatic carbocycles. The second kappa shape index (κ2) is 7.58. The van der Waals surface area contributed by atoms with Gasteiger partial charge in [-0.05, 0) is 19.1 Å². The Labute approximate surface area is 143 Å². The first kappa shape index (κ1) is 18.1. The number of thioether (sulfide) groups is 1. The van der Waals surface area contributed by atoms with Gasteiger partial charge >= 0.3 is 6.09 Å². The normalized spacial score (nSPS) is 16.8.